The molecule has 0 aliphatic carbocycles. The molecule has 0 saturated carbocycles. The summed E-state index contributed by atoms with van der Waals surface area (Å²) < 4.78 is 48.9. The fourth-order valence-corrected chi connectivity index (χ4v) is 3.74. The van der Waals surface area contributed by atoms with Crippen LogP contribution < -0.4 is 0 Å². The van der Waals surface area contributed by atoms with Gasteiger partial charge in [0.15, 0.2) is 0 Å². The molecule has 0 spiro atoms. The van der Waals surface area contributed by atoms with Crippen LogP contribution in [0.25, 0.3) is 0 Å². The third kappa shape index (κ3) is 39.6. The molecule has 0 fully saturated rings. The van der Waals surface area contributed by atoms with Gasteiger partial charge in [-0.05, 0) is 12.3 Å². The van der Waals surface area contributed by atoms with Crippen molar-refractivity contribution < 1.29 is 47.7 Å². The molecule has 0 aromatic carbocycles. The second-order valence-corrected chi connectivity index (χ2v) is 10.2. The maximum Gasteiger partial charge on any atom is 0.0701 e. The molecule has 0 saturated heterocycles. The molecule has 0 aliphatic rings. The third-order valence-corrected chi connectivity index (χ3v) is 6.03. The van der Waals surface area contributed by atoms with Crippen LogP contribution in [0.4, 0.5) is 0 Å². The highest BCUT2D eigenvalue weighted by atomic mass is 16.6. The molecule has 0 bridgehead atoms. The van der Waals surface area contributed by atoms with E-state index < -0.39 is 0 Å². The zero-order valence-electron chi connectivity index (χ0n) is 26.5. The van der Waals surface area contributed by atoms with Gasteiger partial charge in [0, 0.05) is 6.61 Å². The van der Waals surface area contributed by atoms with Crippen molar-refractivity contribution in [2.45, 2.75) is 71.6 Å². The van der Waals surface area contributed by atoms with E-state index in [-0.39, 0.29) is 6.61 Å². The van der Waals surface area contributed by atoms with E-state index in [1.54, 1.807) is 0 Å². The Hall–Kier alpha value is -0.400. The van der Waals surface area contributed by atoms with Crippen molar-refractivity contribution in [1.82, 2.24) is 0 Å². The van der Waals surface area contributed by atoms with Crippen LogP contribution in [0.2, 0.25) is 0 Å². The number of hydrogen-bond donors (Lipinski definition) is 1. The summed E-state index contributed by atoms with van der Waals surface area (Å²) in [5.41, 5.74) is 0. The first-order valence-electron chi connectivity index (χ1n) is 16.1. The molecule has 0 heterocycles. The molecule has 0 rings (SSSR count). The van der Waals surface area contributed by atoms with E-state index in [0.717, 1.165) is 18.9 Å². The first-order valence-corrected chi connectivity index (χ1v) is 16.1. The van der Waals surface area contributed by atoms with E-state index in [9.17, 15) is 0 Å². The Morgan fingerprint density at radius 3 is 0.854 bits per heavy atom. The number of rotatable bonds is 37. The van der Waals surface area contributed by atoms with Gasteiger partial charge in [-0.15, -0.1) is 0 Å². The lowest BCUT2D eigenvalue weighted by molar-refractivity contribution is -0.0255. The lowest BCUT2D eigenvalue weighted by Crippen LogP contribution is -2.15. The lowest BCUT2D eigenvalue weighted by Gasteiger charge is -2.09. The SMILES string of the molecule is CC(C)CCCCCCCCCCOCCOCCOCCOCCOCCOCCOCCOCCOCCO. The fourth-order valence-electron chi connectivity index (χ4n) is 3.74. The Morgan fingerprint density at radius 1 is 0.317 bits per heavy atom. The number of hydrogen-bond acceptors (Lipinski definition) is 10. The molecule has 0 amide bonds. The first kappa shape index (κ1) is 40.6. The smallest absolute Gasteiger partial charge is 0.0701 e. The maximum atomic E-state index is 8.57. The van der Waals surface area contributed by atoms with Crippen LogP contribution >= 0.6 is 0 Å². The quantitative estimate of drug-likeness (QED) is 0.104. The van der Waals surface area contributed by atoms with Crippen molar-refractivity contribution >= 4 is 0 Å². The van der Waals surface area contributed by atoms with Crippen LogP contribution in [0, 0.1) is 5.92 Å². The van der Waals surface area contributed by atoms with E-state index in [1.165, 1.54) is 51.4 Å². The van der Waals surface area contributed by atoms with Crippen molar-refractivity contribution in [3.63, 3.8) is 0 Å². The van der Waals surface area contributed by atoms with Crippen LogP contribution in [-0.4, -0.2) is 131 Å². The average molecular weight is 597 g/mol. The van der Waals surface area contributed by atoms with Gasteiger partial charge in [0.2, 0.25) is 0 Å². The summed E-state index contributed by atoms with van der Waals surface area (Å²) in [5.74, 6) is 0.848. The van der Waals surface area contributed by atoms with Gasteiger partial charge in [0.1, 0.15) is 0 Å². The van der Waals surface area contributed by atoms with Crippen molar-refractivity contribution in [3.8, 4) is 0 Å². The van der Waals surface area contributed by atoms with Crippen LogP contribution in [0.15, 0.2) is 0 Å². The Kier molecular flexibility index (Phi) is 37.3. The minimum absolute atomic E-state index is 0.0323. The molecule has 0 aromatic rings. The molecular weight excluding hydrogens is 532 g/mol. The molecule has 10 heteroatoms. The zero-order chi connectivity index (χ0) is 29.7. The van der Waals surface area contributed by atoms with E-state index in [0.29, 0.717) is 112 Å². The molecular formula is C31H64O10. The van der Waals surface area contributed by atoms with Gasteiger partial charge in [-0.3, -0.25) is 0 Å². The Labute approximate surface area is 251 Å². The van der Waals surface area contributed by atoms with Crippen LogP contribution in [0.5, 0.6) is 0 Å². The lowest BCUT2D eigenvalue weighted by atomic mass is 10.0. The molecule has 0 atom stereocenters. The summed E-state index contributed by atoms with van der Waals surface area (Å²) in [6.45, 7) is 14.5. The van der Waals surface area contributed by atoms with Gasteiger partial charge < -0.3 is 47.7 Å². The van der Waals surface area contributed by atoms with Gasteiger partial charge in [0.05, 0.1) is 119 Å². The molecule has 0 aromatic heterocycles. The monoisotopic (exact) mass is 596 g/mol. The highest BCUT2D eigenvalue weighted by Crippen LogP contribution is 2.12. The highest BCUT2D eigenvalue weighted by Gasteiger charge is 1.97. The third-order valence-electron chi connectivity index (χ3n) is 6.03. The maximum absolute atomic E-state index is 8.57. The largest absolute Gasteiger partial charge is 0.394 e. The summed E-state index contributed by atoms with van der Waals surface area (Å²) in [7, 11) is 0. The molecule has 1 N–H and O–H groups in total. The normalized spacial score (nSPS) is 11.7. The number of ether oxygens (including phenoxy) is 9. The fraction of sp³-hybridized carbons (Fsp3) is 1.00. The van der Waals surface area contributed by atoms with Crippen LogP contribution in [-0.2, 0) is 42.6 Å². The van der Waals surface area contributed by atoms with Gasteiger partial charge in [-0.1, -0.05) is 65.2 Å². The molecule has 0 radical (unpaired) electrons. The summed E-state index contributed by atoms with van der Waals surface area (Å²) in [6, 6.07) is 0. The van der Waals surface area contributed by atoms with Crippen LogP contribution in [0.3, 0.4) is 0 Å². The molecule has 10 nitrogen and oxygen atoms in total. The van der Waals surface area contributed by atoms with Gasteiger partial charge in [-0.25, -0.2) is 0 Å². The van der Waals surface area contributed by atoms with Gasteiger partial charge in [-0.2, -0.15) is 0 Å². The number of aliphatic hydroxyl groups is 1. The van der Waals surface area contributed by atoms with Crippen molar-refractivity contribution in [1.29, 1.82) is 0 Å². The van der Waals surface area contributed by atoms with E-state index in [1.807, 2.05) is 0 Å². The topological polar surface area (TPSA) is 103 Å². The summed E-state index contributed by atoms with van der Waals surface area (Å²) in [6.07, 6.45) is 12.0. The Bertz CT molecular complexity index is 457. The molecule has 41 heavy (non-hydrogen) atoms. The first-order chi connectivity index (χ1) is 20.3. The predicted octanol–water partition coefficient (Wildman–Crippen LogP) is 4.30. The van der Waals surface area contributed by atoms with Crippen molar-refractivity contribution in [3.05, 3.63) is 0 Å². The summed E-state index contributed by atoms with van der Waals surface area (Å²) in [4.78, 5) is 0. The van der Waals surface area contributed by atoms with E-state index in [4.69, 9.17) is 47.7 Å². The van der Waals surface area contributed by atoms with Crippen molar-refractivity contribution in [2.75, 3.05) is 126 Å². The van der Waals surface area contributed by atoms with E-state index >= 15 is 0 Å². The molecule has 0 aliphatic heterocycles. The summed E-state index contributed by atoms with van der Waals surface area (Å²) in [5, 5.41) is 8.57. The standard InChI is InChI=1S/C31H64O10/c1-31(2)11-9-7-5-3-4-6-8-10-13-33-15-17-35-19-21-37-23-25-39-27-29-41-30-28-40-26-24-38-22-20-36-18-16-34-14-12-32/h31-32H,3-30H2,1-2H3. The van der Waals surface area contributed by atoms with Gasteiger partial charge in [0.25, 0.3) is 0 Å². The van der Waals surface area contributed by atoms with E-state index in [2.05, 4.69) is 13.8 Å². The number of unbranched alkanes of at least 4 members (excludes halogenated alkanes) is 7. The summed E-state index contributed by atoms with van der Waals surface area (Å²) >= 11 is 0. The molecule has 248 valence electrons. The minimum atomic E-state index is 0.0323. The predicted molar refractivity (Wildman–Crippen MR) is 161 cm³/mol. The Balaban J connectivity index is 3.03. The van der Waals surface area contributed by atoms with Crippen molar-refractivity contribution in [2.24, 2.45) is 5.92 Å². The Morgan fingerprint density at radius 2 is 0.561 bits per heavy atom. The number of aliphatic hydroxyl groups excluding tert-OH is 1. The van der Waals surface area contributed by atoms with Gasteiger partial charge >= 0.3 is 0 Å². The minimum Gasteiger partial charge on any atom is -0.394 e. The molecule has 0 unspecified atom stereocenters. The second kappa shape index (κ2) is 37.6. The van der Waals surface area contributed by atoms with Crippen LogP contribution in [0.1, 0.15) is 71.6 Å². The highest BCUT2D eigenvalue weighted by molar-refractivity contribution is 4.50. The zero-order valence-corrected chi connectivity index (χ0v) is 26.5. The average Bonchev–Trinajstić information content (AvgIpc) is 2.97. The second-order valence-electron chi connectivity index (χ2n) is 10.2.